The predicted molar refractivity (Wildman–Crippen MR) is 46.8 cm³/mol. The molecule has 0 bridgehead atoms. The van der Waals surface area contributed by atoms with E-state index in [2.05, 4.69) is 13.8 Å². The summed E-state index contributed by atoms with van der Waals surface area (Å²) in [4.78, 5) is 13.4. The summed E-state index contributed by atoms with van der Waals surface area (Å²) < 4.78 is 5.04. The maximum atomic E-state index is 11.5. The minimum Gasteiger partial charge on any atom is -0.372 e. The number of nitrogens with zero attached hydrogens (tertiary/aromatic N) is 1. The maximum absolute atomic E-state index is 11.5. The Morgan fingerprint density at radius 3 is 2.75 bits per heavy atom. The number of ether oxygens (including phenoxy) is 1. The van der Waals surface area contributed by atoms with Gasteiger partial charge in [-0.1, -0.05) is 13.8 Å². The number of methoxy groups -OCH3 is 1. The number of carbonyl (C=O) groups excluding carboxylic acids is 1. The summed E-state index contributed by atoms with van der Waals surface area (Å²) >= 11 is 0. The minimum atomic E-state index is -0.177. The van der Waals surface area contributed by atoms with Crippen molar-refractivity contribution in [3.8, 4) is 0 Å². The van der Waals surface area contributed by atoms with Crippen LogP contribution in [0.1, 0.15) is 20.3 Å². The molecule has 0 saturated carbocycles. The van der Waals surface area contributed by atoms with Gasteiger partial charge >= 0.3 is 0 Å². The molecule has 0 aliphatic carbocycles. The average Bonchev–Trinajstić information content (AvgIpc) is 2.32. The summed E-state index contributed by atoms with van der Waals surface area (Å²) in [5.41, 5.74) is 0. The van der Waals surface area contributed by atoms with E-state index in [9.17, 15) is 4.79 Å². The van der Waals surface area contributed by atoms with Crippen molar-refractivity contribution >= 4 is 5.91 Å². The number of likely N-dealkylation sites (tertiary alicyclic amines) is 1. The Hall–Kier alpha value is -0.570. The Kier molecular flexibility index (Phi) is 3.09. The molecule has 1 saturated heterocycles. The van der Waals surface area contributed by atoms with Crippen molar-refractivity contribution in [2.45, 2.75) is 26.4 Å². The van der Waals surface area contributed by atoms with E-state index >= 15 is 0 Å². The zero-order valence-electron chi connectivity index (χ0n) is 8.04. The van der Waals surface area contributed by atoms with E-state index in [1.165, 1.54) is 0 Å². The van der Waals surface area contributed by atoms with Crippen LogP contribution in [-0.4, -0.2) is 37.1 Å². The van der Waals surface area contributed by atoms with Crippen LogP contribution < -0.4 is 0 Å². The SMILES string of the molecule is CO[C@@H]1CCN(CC(C)C)C1=O. The van der Waals surface area contributed by atoms with Crippen LogP contribution in [0.15, 0.2) is 0 Å². The van der Waals surface area contributed by atoms with Crippen LogP contribution in [0.3, 0.4) is 0 Å². The highest BCUT2D eigenvalue weighted by atomic mass is 16.5. The zero-order valence-corrected chi connectivity index (χ0v) is 8.04. The first-order valence-corrected chi connectivity index (χ1v) is 4.46. The lowest BCUT2D eigenvalue weighted by molar-refractivity contribution is -0.136. The zero-order chi connectivity index (χ0) is 9.14. The average molecular weight is 171 g/mol. The van der Waals surface area contributed by atoms with Crippen LogP contribution in [0, 0.1) is 5.92 Å². The minimum absolute atomic E-state index is 0.159. The van der Waals surface area contributed by atoms with E-state index < -0.39 is 0 Å². The smallest absolute Gasteiger partial charge is 0.251 e. The lowest BCUT2D eigenvalue weighted by Gasteiger charge is -2.18. The van der Waals surface area contributed by atoms with Crippen molar-refractivity contribution in [3.05, 3.63) is 0 Å². The normalized spacial score (nSPS) is 24.2. The topological polar surface area (TPSA) is 29.5 Å². The second-order valence-electron chi connectivity index (χ2n) is 3.69. The summed E-state index contributed by atoms with van der Waals surface area (Å²) in [5.74, 6) is 0.704. The van der Waals surface area contributed by atoms with Crippen molar-refractivity contribution in [2.75, 3.05) is 20.2 Å². The molecule has 0 aromatic carbocycles. The lowest BCUT2D eigenvalue weighted by atomic mass is 10.2. The molecule has 0 radical (unpaired) electrons. The highest BCUT2D eigenvalue weighted by Gasteiger charge is 2.31. The van der Waals surface area contributed by atoms with Crippen LogP contribution >= 0.6 is 0 Å². The van der Waals surface area contributed by atoms with Crippen LogP contribution in [-0.2, 0) is 9.53 Å². The maximum Gasteiger partial charge on any atom is 0.251 e. The summed E-state index contributed by atoms with van der Waals surface area (Å²) in [6, 6.07) is 0. The van der Waals surface area contributed by atoms with Crippen molar-refractivity contribution in [2.24, 2.45) is 5.92 Å². The Balaban J connectivity index is 2.44. The van der Waals surface area contributed by atoms with Gasteiger partial charge in [0.2, 0.25) is 0 Å². The van der Waals surface area contributed by atoms with E-state index in [4.69, 9.17) is 4.74 Å². The van der Waals surface area contributed by atoms with E-state index in [1.807, 2.05) is 4.90 Å². The van der Waals surface area contributed by atoms with Gasteiger partial charge in [0, 0.05) is 26.6 Å². The molecule has 0 aromatic heterocycles. The van der Waals surface area contributed by atoms with Gasteiger partial charge in [-0.3, -0.25) is 4.79 Å². The highest BCUT2D eigenvalue weighted by Crippen LogP contribution is 2.14. The molecule has 0 unspecified atom stereocenters. The van der Waals surface area contributed by atoms with Gasteiger partial charge in [0.25, 0.3) is 5.91 Å². The van der Waals surface area contributed by atoms with Crippen LogP contribution in [0.2, 0.25) is 0 Å². The van der Waals surface area contributed by atoms with Gasteiger partial charge in [0.15, 0.2) is 0 Å². The molecule has 1 aliphatic rings. The summed E-state index contributed by atoms with van der Waals surface area (Å²) in [6.07, 6.45) is 0.672. The fraction of sp³-hybridized carbons (Fsp3) is 0.889. The first-order valence-electron chi connectivity index (χ1n) is 4.46. The van der Waals surface area contributed by atoms with Crippen molar-refractivity contribution in [1.82, 2.24) is 4.90 Å². The monoisotopic (exact) mass is 171 g/mol. The van der Waals surface area contributed by atoms with Gasteiger partial charge < -0.3 is 9.64 Å². The van der Waals surface area contributed by atoms with E-state index in [1.54, 1.807) is 7.11 Å². The third-order valence-electron chi connectivity index (χ3n) is 2.12. The molecular formula is C9H17NO2. The molecule has 3 nitrogen and oxygen atoms in total. The van der Waals surface area contributed by atoms with E-state index in [0.29, 0.717) is 5.92 Å². The van der Waals surface area contributed by atoms with Crippen molar-refractivity contribution in [1.29, 1.82) is 0 Å². The van der Waals surface area contributed by atoms with Gasteiger partial charge in [0.1, 0.15) is 6.10 Å². The summed E-state index contributed by atoms with van der Waals surface area (Å²) in [6.45, 7) is 5.95. The molecule has 1 fully saturated rings. The van der Waals surface area contributed by atoms with Crippen LogP contribution in [0.5, 0.6) is 0 Å². The van der Waals surface area contributed by atoms with Gasteiger partial charge in [-0.05, 0) is 5.92 Å². The number of amides is 1. The Bertz CT molecular complexity index is 168. The Morgan fingerprint density at radius 1 is 1.67 bits per heavy atom. The molecule has 0 spiro atoms. The van der Waals surface area contributed by atoms with Gasteiger partial charge in [-0.2, -0.15) is 0 Å². The van der Waals surface area contributed by atoms with E-state index in [0.717, 1.165) is 19.5 Å². The third kappa shape index (κ3) is 1.97. The predicted octanol–water partition coefficient (Wildman–Crippen LogP) is 0.890. The van der Waals surface area contributed by atoms with Gasteiger partial charge in [0.05, 0.1) is 0 Å². The lowest BCUT2D eigenvalue weighted by Crippen LogP contribution is -2.33. The first kappa shape index (κ1) is 9.52. The molecule has 1 heterocycles. The second kappa shape index (κ2) is 3.90. The molecule has 0 aromatic rings. The van der Waals surface area contributed by atoms with Gasteiger partial charge in [-0.25, -0.2) is 0 Å². The van der Waals surface area contributed by atoms with Crippen molar-refractivity contribution in [3.63, 3.8) is 0 Å². The van der Waals surface area contributed by atoms with E-state index in [-0.39, 0.29) is 12.0 Å². The molecule has 3 heteroatoms. The summed E-state index contributed by atoms with van der Waals surface area (Å²) in [5, 5.41) is 0. The van der Waals surface area contributed by atoms with Crippen LogP contribution in [0.4, 0.5) is 0 Å². The molecule has 1 rings (SSSR count). The third-order valence-corrected chi connectivity index (χ3v) is 2.12. The molecule has 1 aliphatic heterocycles. The number of carbonyl (C=O) groups is 1. The molecule has 1 atom stereocenters. The van der Waals surface area contributed by atoms with Crippen LogP contribution in [0.25, 0.3) is 0 Å². The standard InChI is InChI=1S/C9H17NO2/c1-7(2)6-10-5-4-8(12-3)9(10)11/h7-8H,4-6H2,1-3H3/t8-/m1/s1. The molecule has 12 heavy (non-hydrogen) atoms. The van der Waals surface area contributed by atoms with Crippen molar-refractivity contribution < 1.29 is 9.53 Å². The molecule has 0 N–H and O–H groups in total. The number of rotatable bonds is 3. The Morgan fingerprint density at radius 2 is 2.33 bits per heavy atom. The molecular weight excluding hydrogens is 154 g/mol. The fourth-order valence-corrected chi connectivity index (χ4v) is 1.55. The Labute approximate surface area is 73.7 Å². The first-order chi connectivity index (χ1) is 5.65. The summed E-state index contributed by atoms with van der Waals surface area (Å²) in [7, 11) is 1.60. The highest BCUT2D eigenvalue weighted by molar-refractivity contribution is 5.82. The molecule has 1 amide bonds. The number of hydrogen-bond donors (Lipinski definition) is 0. The van der Waals surface area contributed by atoms with Gasteiger partial charge in [-0.15, -0.1) is 0 Å². The second-order valence-corrected chi connectivity index (χ2v) is 3.69. The fourth-order valence-electron chi connectivity index (χ4n) is 1.55. The quantitative estimate of drug-likeness (QED) is 0.631. The molecule has 70 valence electrons. The number of hydrogen-bond acceptors (Lipinski definition) is 2. The largest absolute Gasteiger partial charge is 0.372 e.